The van der Waals surface area contributed by atoms with Crippen molar-refractivity contribution in [2.24, 2.45) is 0 Å². The van der Waals surface area contributed by atoms with E-state index in [4.69, 9.17) is 5.11 Å². The third kappa shape index (κ3) is 4.32. The van der Waals surface area contributed by atoms with E-state index < -0.39 is 0 Å². The topological polar surface area (TPSA) is 70.3 Å². The SMILES string of the molecule is Cc1nn(CCO)c(C)c1CNCCCc1ccc(O)cc1. The van der Waals surface area contributed by atoms with Gasteiger partial charge < -0.3 is 15.5 Å². The van der Waals surface area contributed by atoms with Crippen LogP contribution in [0.25, 0.3) is 0 Å². The molecule has 2 aromatic rings. The smallest absolute Gasteiger partial charge is 0.115 e. The first-order chi connectivity index (χ1) is 10.6. The Kier molecular flexibility index (Phi) is 5.98. The Bertz CT molecular complexity index is 591. The van der Waals surface area contributed by atoms with Crippen LogP contribution >= 0.6 is 0 Å². The largest absolute Gasteiger partial charge is 0.508 e. The number of hydrogen-bond donors (Lipinski definition) is 3. The minimum Gasteiger partial charge on any atom is -0.508 e. The number of aromatic nitrogens is 2. The number of aryl methyl sites for hydroxylation is 2. The molecule has 0 aliphatic heterocycles. The van der Waals surface area contributed by atoms with Crippen LogP contribution in [0.1, 0.15) is 28.9 Å². The maximum absolute atomic E-state index is 9.25. The van der Waals surface area contributed by atoms with E-state index >= 15 is 0 Å². The summed E-state index contributed by atoms with van der Waals surface area (Å²) in [7, 11) is 0. The molecule has 0 aliphatic rings. The molecule has 0 saturated heterocycles. The van der Waals surface area contributed by atoms with Gasteiger partial charge in [0.05, 0.1) is 18.8 Å². The third-order valence-electron chi connectivity index (χ3n) is 3.90. The Labute approximate surface area is 131 Å². The van der Waals surface area contributed by atoms with Crippen LogP contribution in [0.15, 0.2) is 24.3 Å². The summed E-state index contributed by atoms with van der Waals surface area (Å²) in [6, 6.07) is 7.38. The molecule has 0 bridgehead atoms. The fourth-order valence-corrected chi connectivity index (χ4v) is 2.60. The highest BCUT2D eigenvalue weighted by Crippen LogP contribution is 2.13. The van der Waals surface area contributed by atoms with E-state index in [-0.39, 0.29) is 6.61 Å². The lowest BCUT2D eigenvalue weighted by Crippen LogP contribution is -2.16. The molecular formula is C17H25N3O2. The van der Waals surface area contributed by atoms with E-state index in [9.17, 15) is 5.11 Å². The first kappa shape index (κ1) is 16.5. The Morgan fingerprint density at radius 1 is 1.18 bits per heavy atom. The number of rotatable bonds is 8. The molecule has 0 fully saturated rings. The normalized spacial score (nSPS) is 11.0. The number of aromatic hydroxyl groups is 1. The van der Waals surface area contributed by atoms with Crippen LogP contribution < -0.4 is 5.32 Å². The summed E-state index contributed by atoms with van der Waals surface area (Å²) in [6.07, 6.45) is 2.04. The molecule has 0 unspecified atom stereocenters. The molecular weight excluding hydrogens is 278 g/mol. The molecule has 120 valence electrons. The predicted octanol–water partition coefficient (Wildman–Crippen LogP) is 1.92. The van der Waals surface area contributed by atoms with Gasteiger partial charge in [-0.3, -0.25) is 4.68 Å². The Balaban J connectivity index is 1.76. The average Bonchev–Trinajstić information content (AvgIpc) is 2.76. The molecule has 1 aromatic heterocycles. The van der Waals surface area contributed by atoms with Crippen molar-refractivity contribution in [2.45, 2.75) is 39.8 Å². The van der Waals surface area contributed by atoms with Gasteiger partial charge in [-0.1, -0.05) is 12.1 Å². The minimum atomic E-state index is 0.113. The zero-order chi connectivity index (χ0) is 15.9. The summed E-state index contributed by atoms with van der Waals surface area (Å²) in [6.45, 7) is 6.45. The molecule has 0 atom stereocenters. The fraction of sp³-hybridized carbons (Fsp3) is 0.471. The second kappa shape index (κ2) is 7.96. The molecule has 1 heterocycles. The standard InChI is InChI=1S/C17H25N3O2/c1-13-17(14(2)20(19-13)10-11-21)12-18-9-3-4-15-5-7-16(22)8-6-15/h5-8,18,21-22H,3-4,9-12H2,1-2H3. The van der Waals surface area contributed by atoms with Crippen molar-refractivity contribution in [1.82, 2.24) is 15.1 Å². The highest BCUT2D eigenvalue weighted by molar-refractivity contribution is 5.26. The predicted molar refractivity (Wildman–Crippen MR) is 86.9 cm³/mol. The molecule has 0 saturated carbocycles. The van der Waals surface area contributed by atoms with Crippen LogP contribution in [-0.4, -0.2) is 33.1 Å². The van der Waals surface area contributed by atoms with Gasteiger partial charge in [0.15, 0.2) is 0 Å². The minimum absolute atomic E-state index is 0.113. The van der Waals surface area contributed by atoms with Crippen LogP contribution in [0.3, 0.4) is 0 Å². The van der Waals surface area contributed by atoms with E-state index in [0.717, 1.165) is 37.3 Å². The lowest BCUT2D eigenvalue weighted by molar-refractivity contribution is 0.267. The summed E-state index contributed by atoms with van der Waals surface area (Å²) >= 11 is 0. The van der Waals surface area contributed by atoms with E-state index in [1.54, 1.807) is 12.1 Å². The molecule has 0 amide bonds. The molecule has 5 nitrogen and oxygen atoms in total. The molecule has 0 radical (unpaired) electrons. The van der Waals surface area contributed by atoms with Gasteiger partial charge in [-0.15, -0.1) is 0 Å². The maximum atomic E-state index is 9.25. The second-order valence-electron chi connectivity index (χ2n) is 5.54. The van der Waals surface area contributed by atoms with Gasteiger partial charge in [-0.2, -0.15) is 5.10 Å². The molecule has 0 spiro atoms. The number of nitrogens with zero attached hydrogens (tertiary/aromatic N) is 2. The van der Waals surface area contributed by atoms with E-state index in [1.165, 1.54) is 11.1 Å². The summed E-state index contributed by atoms with van der Waals surface area (Å²) in [5.74, 6) is 0.313. The first-order valence-corrected chi connectivity index (χ1v) is 7.74. The van der Waals surface area contributed by atoms with Gasteiger partial charge in [0, 0.05) is 17.8 Å². The van der Waals surface area contributed by atoms with Crippen LogP contribution in [0, 0.1) is 13.8 Å². The fourth-order valence-electron chi connectivity index (χ4n) is 2.60. The van der Waals surface area contributed by atoms with Crippen molar-refractivity contribution in [3.63, 3.8) is 0 Å². The molecule has 1 aromatic carbocycles. The van der Waals surface area contributed by atoms with Crippen LogP contribution in [0.5, 0.6) is 5.75 Å². The van der Waals surface area contributed by atoms with Crippen molar-refractivity contribution < 1.29 is 10.2 Å². The lowest BCUT2D eigenvalue weighted by atomic mass is 10.1. The summed E-state index contributed by atoms with van der Waals surface area (Å²) < 4.78 is 1.86. The Hall–Kier alpha value is -1.85. The van der Waals surface area contributed by atoms with Gasteiger partial charge in [0.2, 0.25) is 0 Å². The van der Waals surface area contributed by atoms with Crippen molar-refractivity contribution in [3.05, 3.63) is 46.8 Å². The number of benzene rings is 1. The van der Waals surface area contributed by atoms with Gasteiger partial charge in [0.1, 0.15) is 5.75 Å². The summed E-state index contributed by atoms with van der Waals surface area (Å²) in [4.78, 5) is 0. The average molecular weight is 303 g/mol. The van der Waals surface area contributed by atoms with Crippen molar-refractivity contribution in [2.75, 3.05) is 13.2 Å². The number of phenolic OH excluding ortho intramolecular Hbond substituents is 1. The monoisotopic (exact) mass is 303 g/mol. The van der Waals surface area contributed by atoms with Gasteiger partial charge >= 0.3 is 0 Å². The highest BCUT2D eigenvalue weighted by atomic mass is 16.3. The van der Waals surface area contributed by atoms with E-state index in [1.807, 2.05) is 30.7 Å². The van der Waals surface area contributed by atoms with Crippen LogP contribution in [0.2, 0.25) is 0 Å². The Morgan fingerprint density at radius 3 is 2.59 bits per heavy atom. The number of hydrogen-bond acceptors (Lipinski definition) is 4. The molecule has 0 aliphatic carbocycles. The number of aliphatic hydroxyl groups excluding tert-OH is 1. The van der Waals surface area contributed by atoms with Crippen molar-refractivity contribution in [1.29, 1.82) is 0 Å². The van der Waals surface area contributed by atoms with E-state index in [0.29, 0.717) is 12.3 Å². The number of aliphatic hydroxyl groups is 1. The Morgan fingerprint density at radius 2 is 1.91 bits per heavy atom. The summed E-state index contributed by atoms with van der Waals surface area (Å²) in [5.41, 5.74) is 4.61. The van der Waals surface area contributed by atoms with Crippen LogP contribution in [-0.2, 0) is 19.5 Å². The third-order valence-corrected chi connectivity index (χ3v) is 3.90. The van der Waals surface area contributed by atoms with Crippen molar-refractivity contribution >= 4 is 0 Å². The molecule has 5 heteroatoms. The summed E-state index contributed by atoms with van der Waals surface area (Å²) in [5, 5.41) is 26.2. The molecule has 3 N–H and O–H groups in total. The van der Waals surface area contributed by atoms with Crippen molar-refractivity contribution in [3.8, 4) is 5.75 Å². The molecule has 2 rings (SSSR count). The molecule has 22 heavy (non-hydrogen) atoms. The van der Waals surface area contributed by atoms with Gasteiger partial charge in [-0.05, 0) is 50.9 Å². The number of phenols is 1. The maximum Gasteiger partial charge on any atom is 0.115 e. The number of nitrogens with one attached hydrogen (secondary N) is 1. The van der Waals surface area contributed by atoms with Gasteiger partial charge in [0.25, 0.3) is 0 Å². The quantitative estimate of drug-likeness (QED) is 0.652. The highest BCUT2D eigenvalue weighted by Gasteiger charge is 2.10. The van der Waals surface area contributed by atoms with Crippen LogP contribution in [0.4, 0.5) is 0 Å². The first-order valence-electron chi connectivity index (χ1n) is 7.74. The zero-order valence-corrected chi connectivity index (χ0v) is 13.3. The lowest BCUT2D eigenvalue weighted by Gasteiger charge is -2.06. The van der Waals surface area contributed by atoms with E-state index in [2.05, 4.69) is 10.4 Å². The zero-order valence-electron chi connectivity index (χ0n) is 13.3. The second-order valence-corrected chi connectivity index (χ2v) is 5.54. The van der Waals surface area contributed by atoms with Gasteiger partial charge in [-0.25, -0.2) is 0 Å².